The molecule has 0 aliphatic carbocycles. The Morgan fingerprint density at radius 2 is 0.481 bits per heavy atom. The molecule has 0 aliphatic rings. The second-order valence-corrected chi connectivity index (χ2v) is 35.4. The highest BCUT2D eigenvalue weighted by Crippen LogP contribution is 2.45. The lowest BCUT2D eigenvalue weighted by Gasteiger charge is -2.21. The van der Waals surface area contributed by atoms with Gasteiger partial charge >= 0.3 is 39.5 Å². The molecule has 0 aromatic carbocycles. The maximum absolute atomic E-state index is 13.2. The van der Waals surface area contributed by atoms with Crippen molar-refractivity contribution in [2.75, 3.05) is 39.6 Å². The maximum atomic E-state index is 13.2. The zero-order valence-electron chi connectivity index (χ0n) is 69.9. The molecule has 0 bridgehead atoms. The number of carbonyl (C=O) groups excluding carboxylic acids is 4. The summed E-state index contributed by atoms with van der Waals surface area (Å²) in [7, 11) is -9.93. The van der Waals surface area contributed by atoms with Crippen molar-refractivity contribution < 1.29 is 80.2 Å². The number of ether oxygens (including phenoxy) is 4. The van der Waals surface area contributed by atoms with Crippen molar-refractivity contribution in [2.24, 2.45) is 17.8 Å². The lowest BCUT2D eigenvalue weighted by Crippen LogP contribution is -2.30. The van der Waals surface area contributed by atoms with E-state index in [4.69, 9.17) is 37.0 Å². The minimum Gasteiger partial charge on any atom is -0.462 e. The summed E-state index contributed by atoms with van der Waals surface area (Å²) < 4.78 is 68.9. The van der Waals surface area contributed by atoms with Gasteiger partial charge in [0.25, 0.3) is 0 Å². The van der Waals surface area contributed by atoms with Crippen molar-refractivity contribution >= 4 is 39.5 Å². The maximum Gasteiger partial charge on any atom is 0.472 e. The molecule has 0 saturated carbocycles. The SMILES string of the molecule is CCCCCCCCCCCCCCCCCC(=O)O[C@H](COC(=O)CCCCCCCCCCCC(C)C)COP(=O)(O)OC[C@H](O)COP(=O)(O)OC[C@@H](COC(=O)CCCCCCCCCCCCCCCCC(C)CC)OC(=O)CCCCCCCCCCCCCCCCCCCCC(C)C. The number of phosphoric acid groups is 2. The van der Waals surface area contributed by atoms with Crippen molar-refractivity contribution in [3.63, 3.8) is 0 Å². The fourth-order valence-corrected chi connectivity index (χ4v) is 15.1. The summed E-state index contributed by atoms with van der Waals surface area (Å²) in [6.45, 7) is 12.1. The van der Waals surface area contributed by atoms with Crippen LogP contribution in [0.25, 0.3) is 0 Å². The topological polar surface area (TPSA) is 237 Å². The van der Waals surface area contributed by atoms with Gasteiger partial charge in [0.1, 0.15) is 19.3 Å². The Morgan fingerprint density at radius 1 is 0.274 bits per heavy atom. The van der Waals surface area contributed by atoms with E-state index in [2.05, 4.69) is 48.5 Å². The molecule has 0 aromatic rings. The van der Waals surface area contributed by atoms with Crippen LogP contribution < -0.4 is 0 Å². The van der Waals surface area contributed by atoms with Crippen LogP contribution in [0.15, 0.2) is 0 Å². The Morgan fingerprint density at radius 3 is 0.717 bits per heavy atom. The molecule has 106 heavy (non-hydrogen) atoms. The first kappa shape index (κ1) is 104. The summed E-state index contributed by atoms with van der Waals surface area (Å²) >= 11 is 0. The van der Waals surface area contributed by atoms with E-state index in [-0.39, 0.29) is 25.7 Å². The summed E-state index contributed by atoms with van der Waals surface area (Å²) in [6, 6.07) is 0. The first-order valence-corrected chi connectivity index (χ1v) is 47.9. The first-order chi connectivity index (χ1) is 51.3. The summed E-state index contributed by atoms with van der Waals surface area (Å²) in [5.41, 5.74) is 0. The Labute approximate surface area is 651 Å². The molecule has 3 unspecified atom stereocenters. The Kier molecular flexibility index (Phi) is 75.6. The Balaban J connectivity index is 5.25. The molecule has 0 amide bonds. The zero-order chi connectivity index (χ0) is 77.9. The van der Waals surface area contributed by atoms with Gasteiger partial charge in [-0.2, -0.15) is 0 Å². The molecule has 6 atom stereocenters. The quantitative estimate of drug-likeness (QED) is 0.0222. The third-order valence-electron chi connectivity index (χ3n) is 20.7. The van der Waals surface area contributed by atoms with Crippen molar-refractivity contribution in [3.05, 3.63) is 0 Å². The average Bonchev–Trinajstić information content (AvgIpc) is 0.901. The van der Waals surface area contributed by atoms with Gasteiger partial charge in [-0.15, -0.1) is 0 Å². The normalized spacial score (nSPS) is 14.1. The molecule has 19 heteroatoms. The summed E-state index contributed by atoms with van der Waals surface area (Å²) in [6.07, 6.45) is 67.9. The standard InChI is InChI=1S/C87H170O17P2/c1-8-10-11-12-13-14-15-16-21-29-34-41-49-56-63-70-86(91)104-83(75-98-85(90)69-62-55-48-43-36-38-45-52-59-66-79(5)6)77-102-106(95,96)100-73-81(88)72-99-105(93,94)101-76-82(74-97-84(89)68-61-54-47-40-33-28-25-24-27-32-39-46-53-60-67-80(7)9-2)103-87(92)71-64-57-50-42-35-30-23-20-18-17-19-22-26-31-37-44-51-58-65-78(3)4/h78-83,88H,8-77H2,1-7H3,(H,93,94)(H,95,96)/t80?,81-,82-,83-/m1/s1. The van der Waals surface area contributed by atoms with Crippen molar-refractivity contribution in [2.45, 2.75) is 478 Å². The van der Waals surface area contributed by atoms with Gasteiger partial charge in [-0.1, -0.05) is 408 Å². The highest BCUT2D eigenvalue weighted by atomic mass is 31.2. The number of phosphoric ester groups is 2. The van der Waals surface area contributed by atoms with Crippen LogP contribution >= 0.6 is 15.6 Å². The fraction of sp³-hybridized carbons (Fsp3) is 0.954. The molecule has 3 N–H and O–H groups in total. The Hall–Kier alpha value is -1.94. The third-order valence-corrected chi connectivity index (χ3v) is 22.6. The van der Waals surface area contributed by atoms with E-state index in [1.54, 1.807) is 0 Å². The van der Waals surface area contributed by atoms with E-state index in [1.807, 2.05) is 0 Å². The molecule has 630 valence electrons. The van der Waals surface area contributed by atoms with E-state index in [0.717, 1.165) is 108 Å². The molecule has 0 fully saturated rings. The summed E-state index contributed by atoms with van der Waals surface area (Å²) in [5, 5.41) is 10.7. The molecular formula is C87H170O17P2. The molecule has 0 saturated heterocycles. The van der Waals surface area contributed by atoms with Gasteiger partial charge in [-0.25, -0.2) is 9.13 Å². The zero-order valence-corrected chi connectivity index (χ0v) is 71.7. The van der Waals surface area contributed by atoms with Gasteiger partial charge in [0.05, 0.1) is 26.4 Å². The van der Waals surface area contributed by atoms with Crippen LogP contribution in [0.4, 0.5) is 0 Å². The largest absolute Gasteiger partial charge is 0.472 e. The van der Waals surface area contributed by atoms with E-state index in [0.29, 0.717) is 25.7 Å². The summed E-state index contributed by atoms with van der Waals surface area (Å²) in [5.74, 6) is 0.312. The van der Waals surface area contributed by atoms with Gasteiger partial charge < -0.3 is 33.8 Å². The van der Waals surface area contributed by atoms with Gasteiger partial charge in [0, 0.05) is 25.7 Å². The van der Waals surface area contributed by atoms with Gasteiger partial charge in [-0.3, -0.25) is 37.3 Å². The van der Waals surface area contributed by atoms with Crippen LogP contribution in [-0.2, 0) is 65.4 Å². The molecule has 0 rings (SSSR count). The van der Waals surface area contributed by atoms with E-state index in [9.17, 15) is 43.2 Å². The van der Waals surface area contributed by atoms with E-state index in [1.165, 1.54) is 270 Å². The monoisotopic (exact) mass is 1550 g/mol. The summed E-state index contributed by atoms with van der Waals surface area (Å²) in [4.78, 5) is 73.3. The molecule has 17 nitrogen and oxygen atoms in total. The highest BCUT2D eigenvalue weighted by molar-refractivity contribution is 7.47. The number of aliphatic hydroxyl groups is 1. The van der Waals surface area contributed by atoms with E-state index >= 15 is 0 Å². The van der Waals surface area contributed by atoms with Crippen LogP contribution in [0.3, 0.4) is 0 Å². The van der Waals surface area contributed by atoms with Crippen molar-refractivity contribution in [3.8, 4) is 0 Å². The molecule has 0 spiro atoms. The number of carbonyl (C=O) groups is 4. The predicted molar refractivity (Wildman–Crippen MR) is 437 cm³/mol. The highest BCUT2D eigenvalue weighted by Gasteiger charge is 2.31. The smallest absolute Gasteiger partial charge is 0.462 e. The van der Waals surface area contributed by atoms with Crippen molar-refractivity contribution in [1.82, 2.24) is 0 Å². The Bertz CT molecular complexity index is 2050. The second kappa shape index (κ2) is 77.0. The molecular weight excluding hydrogens is 1380 g/mol. The van der Waals surface area contributed by atoms with Crippen LogP contribution in [0.5, 0.6) is 0 Å². The lowest BCUT2D eigenvalue weighted by atomic mass is 9.99. The number of hydrogen-bond donors (Lipinski definition) is 3. The van der Waals surface area contributed by atoms with Gasteiger partial charge in [0.2, 0.25) is 0 Å². The molecule has 0 aromatic heterocycles. The number of rotatable bonds is 85. The predicted octanol–water partition coefficient (Wildman–Crippen LogP) is 26.5. The third kappa shape index (κ3) is 78.7. The fourth-order valence-electron chi connectivity index (χ4n) is 13.5. The number of hydrogen-bond acceptors (Lipinski definition) is 15. The first-order valence-electron chi connectivity index (χ1n) is 44.9. The van der Waals surface area contributed by atoms with Gasteiger partial charge in [-0.05, 0) is 43.4 Å². The van der Waals surface area contributed by atoms with Gasteiger partial charge in [0.15, 0.2) is 12.2 Å². The number of esters is 4. The van der Waals surface area contributed by atoms with Crippen LogP contribution in [0, 0.1) is 17.8 Å². The average molecular weight is 1550 g/mol. The minimum absolute atomic E-state index is 0.108. The number of aliphatic hydroxyl groups excluding tert-OH is 1. The van der Waals surface area contributed by atoms with Crippen LogP contribution in [0.1, 0.15) is 459 Å². The second-order valence-electron chi connectivity index (χ2n) is 32.5. The van der Waals surface area contributed by atoms with Crippen molar-refractivity contribution in [1.29, 1.82) is 0 Å². The lowest BCUT2D eigenvalue weighted by molar-refractivity contribution is -0.161. The molecule has 0 radical (unpaired) electrons. The minimum atomic E-state index is -4.97. The van der Waals surface area contributed by atoms with Crippen LogP contribution in [-0.4, -0.2) is 96.7 Å². The van der Waals surface area contributed by atoms with E-state index < -0.39 is 97.5 Å². The molecule has 0 heterocycles. The van der Waals surface area contributed by atoms with Crippen LogP contribution in [0.2, 0.25) is 0 Å². The molecule has 0 aliphatic heterocycles. The number of unbranched alkanes of at least 4 members (excludes halogenated alkanes) is 52.